The number of likely N-dealkylation sites (N-methyl/N-ethyl adjacent to an activating group) is 2. The van der Waals surface area contributed by atoms with E-state index in [1.165, 1.54) is 22.3 Å². The van der Waals surface area contributed by atoms with Gasteiger partial charge in [0.15, 0.2) is 0 Å². The minimum Gasteiger partial charge on any atom is -0.395 e. The lowest BCUT2D eigenvalue weighted by molar-refractivity contribution is 0.0145. The molecule has 0 amide bonds. The molecule has 4 aromatic carbocycles. The lowest BCUT2D eigenvalue weighted by Crippen LogP contribution is -2.30. The largest absolute Gasteiger partial charge is 0.395 e. The Morgan fingerprint density at radius 1 is 0.467 bits per heavy atom. The lowest BCUT2D eigenvalue weighted by atomic mass is 9.72. The Hall–Kier alpha value is -5.84. The molecule has 75 heavy (non-hydrogen) atoms. The minimum atomic E-state index is -0.451. The third-order valence-corrected chi connectivity index (χ3v) is 15.1. The zero-order valence-corrected chi connectivity index (χ0v) is 45.6. The van der Waals surface area contributed by atoms with Gasteiger partial charge in [-0.2, -0.15) is 0 Å². The standard InChI is InChI=1S/C63H72N2O8S2/c1-5-64(33-35-66)53-17-7-49(8-18-53)11-21-55-25-27-57(74-55)23-13-51-15-29-59-60-30-16-52(14-24-58-28-26-56(75-58)22-12-50-9-19-54(20-10-50)65(6-2)34-36-67)48-62(60)63(61(59)47-51,31-37-70-43-45-72-41-39-68-3)32-38-71-44-46-73-42-40-69-4/h7-12,15-22,25-30,47-48,66-67H,5-6,31-46H2,1-4H3/b21-11+,22-12+. The fraction of sp³-hybridized carbons (Fsp3) is 0.365. The summed E-state index contributed by atoms with van der Waals surface area (Å²) in [5, 5.41) is 18.9. The van der Waals surface area contributed by atoms with E-state index in [1.54, 1.807) is 36.9 Å². The Bertz CT molecular complexity index is 2670. The van der Waals surface area contributed by atoms with Gasteiger partial charge in [-0.05, 0) is 145 Å². The van der Waals surface area contributed by atoms with Gasteiger partial charge in [-0.25, -0.2) is 0 Å². The molecular formula is C63H72N2O8S2. The van der Waals surface area contributed by atoms with Crippen molar-refractivity contribution in [1.29, 1.82) is 0 Å². The molecule has 0 bridgehead atoms. The number of aliphatic hydroxyl groups is 2. The highest BCUT2D eigenvalue weighted by Crippen LogP contribution is 2.53. The zero-order chi connectivity index (χ0) is 52.5. The van der Waals surface area contributed by atoms with Gasteiger partial charge in [-0.15, -0.1) is 22.7 Å². The monoisotopic (exact) mass is 1050 g/mol. The second kappa shape index (κ2) is 30.6. The summed E-state index contributed by atoms with van der Waals surface area (Å²) in [6.07, 6.45) is 9.97. The molecule has 0 radical (unpaired) electrons. The number of methoxy groups -OCH3 is 2. The van der Waals surface area contributed by atoms with Gasteiger partial charge in [-0.1, -0.05) is 72.2 Å². The Morgan fingerprint density at radius 2 is 0.867 bits per heavy atom. The molecule has 394 valence electrons. The van der Waals surface area contributed by atoms with E-state index in [-0.39, 0.29) is 13.2 Å². The van der Waals surface area contributed by atoms with Crippen LogP contribution in [0.5, 0.6) is 0 Å². The topological polar surface area (TPSA) is 102 Å². The van der Waals surface area contributed by atoms with Crippen LogP contribution in [0.4, 0.5) is 11.4 Å². The fourth-order valence-electron chi connectivity index (χ4n) is 9.15. The van der Waals surface area contributed by atoms with E-state index in [1.807, 2.05) is 0 Å². The number of fused-ring (bicyclic) bond motifs is 3. The van der Waals surface area contributed by atoms with Crippen LogP contribution >= 0.6 is 22.7 Å². The average Bonchev–Trinajstić information content (AvgIpc) is 4.20. The van der Waals surface area contributed by atoms with Gasteiger partial charge in [0.05, 0.1) is 75.8 Å². The molecule has 0 spiro atoms. The van der Waals surface area contributed by atoms with Crippen molar-refractivity contribution < 1.29 is 38.6 Å². The van der Waals surface area contributed by atoms with Gasteiger partial charge in [-0.3, -0.25) is 0 Å². The predicted molar refractivity (Wildman–Crippen MR) is 310 cm³/mol. The van der Waals surface area contributed by atoms with Crippen LogP contribution in [0.1, 0.15) is 79.6 Å². The molecule has 0 atom stereocenters. The fourth-order valence-corrected chi connectivity index (χ4v) is 10.7. The number of nitrogens with zero attached hydrogens (tertiary/aromatic N) is 2. The lowest BCUT2D eigenvalue weighted by Gasteiger charge is -2.32. The number of thiophene rings is 2. The number of anilines is 2. The molecule has 2 heterocycles. The predicted octanol–water partition coefficient (Wildman–Crippen LogP) is 11.0. The molecule has 2 N–H and O–H groups in total. The van der Waals surface area contributed by atoms with Gasteiger partial charge in [0, 0.05) is 91.3 Å². The van der Waals surface area contributed by atoms with Crippen LogP contribution in [0, 0.1) is 23.7 Å². The van der Waals surface area contributed by atoms with Crippen LogP contribution in [0.15, 0.2) is 109 Å². The van der Waals surface area contributed by atoms with Gasteiger partial charge < -0.3 is 48.4 Å². The van der Waals surface area contributed by atoms with Gasteiger partial charge >= 0.3 is 0 Å². The Kier molecular flexibility index (Phi) is 23.2. The van der Waals surface area contributed by atoms with E-state index in [0.29, 0.717) is 79.2 Å². The van der Waals surface area contributed by atoms with E-state index >= 15 is 0 Å². The Labute approximate surface area is 453 Å². The first-order chi connectivity index (χ1) is 36.9. The van der Waals surface area contributed by atoms with Gasteiger partial charge in [0.1, 0.15) is 0 Å². The minimum absolute atomic E-state index is 0.131. The first kappa shape index (κ1) is 56.9. The normalized spacial score (nSPS) is 12.4. The number of benzene rings is 4. The quantitative estimate of drug-likeness (QED) is 0.0335. The van der Waals surface area contributed by atoms with E-state index in [9.17, 15) is 10.2 Å². The maximum absolute atomic E-state index is 9.44. The van der Waals surface area contributed by atoms with Gasteiger partial charge in [0.2, 0.25) is 0 Å². The maximum atomic E-state index is 9.44. The van der Waals surface area contributed by atoms with Crippen molar-refractivity contribution in [2.75, 3.05) is 129 Å². The molecule has 7 rings (SSSR count). The van der Waals surface area contributed by atoms with Crippen LogP contribution < -0.4 is 9.80 Å². The number of rotatable bonds is 30. The van der Waals surface area contributed by atoms with E-state index < -0.39 is 5.41 Å². The van der Waals surface area contributed by atoms with Crippen molar-refractivity contribution in [1.82, 2.24) is 0 Å². The summed E-state index contributed by atoms with van der Waals surface area (Å²) < 4.78 is 34.4. The molecule has 6 aromatic rings. The maximum Gasteiger partial charge on any atom is 0.0778 e. The van der Waals surface area contributed by atoms with Crippen LogP contribution in [0.2, 0.25) is 0 Å². The molecule has 0 saturated carbocycles. The van der Waals surface area contributed by atoms with Crippen molar-refractivity contribution in [3.8, 4) is 34.8 Å². The van der Waals surface area contributed by atoms with Crippen molar-refractivity contribution in [3.63, 3.8) is 0 Å². The van der Waals surface area contributed by atoms with Gasteiger partial charge in [0.25, 0.3) is 0 Å². The highest BCUT2D eigenvalue weighted by Gasteiger charge is 2.43. The first-order valence-electron chi connectivity index (χ1n) is 26.0. The highest BCUT2D eigenvalue weighted by atomic mass is 32.1. The Morgan fingerprint density at radius 3 is 1.25 bits per heavy atom. The van der Waals surface area contributed by atoms with Crippen molar-refractivity contribution in [2.24, 2.45) is 0 Å². The molecule has 0 unspecified atom stereocenters. The van der Waals surface area contributed by atoms with Crippen LogP contribution in [0.25, 0.3) is 35.4 Å². The van der Waals surface area contributed by atoms with E-state index in [2.05, 4.69) is 181 Å². The van der Waals surface area contributed by atoms with Crippen LogP contribution in [0.3, 0.4) is 0 Å². The summed E-state index contributed by atoms with van der Waals surface area (Å²) in [7, 11) is 3.35. The molecular weight excluding hydrogens is 977 g/mol. The number of aliphatic hydroxyl groups excluding tert-OH is 2. The third kappa shape index (κ3) is 16.6. The van der Waals surface area contributed by atoms with Crippen molar-refractivity contribution in [2.45, 2.75) is 32.1 Å². The molecule has 2 aromatic heterocycles. The number of hydrogen-bond acceptors (Lipinski definition) is 12. The number of ether oxygens (including phenoxy) is 6. The summed E-state index contributed by atoms with van der Waals surface area (Å²) >= 11 is 3.34. The first-order valence-corrected chi connectivity index (χ1v) is 27.6. The Balaban J connectivity index is 1.13. The SMILES string of the molecule is CCN(CCO)c1ccc(/C=C/c2ccc(C#Cc3ccc4c(c3)C(CCOCCOCCOC)(CCOCCOCCOC)c3cc(C#Cc5ccc(/C=C/c6ccc(N(CC)CCO)cc6)s5)ccc3-4)s2)cc1. The number of hydrogen-bond donors (Lipinski definition) is 2. The van der Waals surface area contributed by atoms with E-state index in [0.717, 1.165) is 79.1 Å². The molecule has 1 aliphatic carbocycles. The van der Waals surface area contributed by atoms with Crippen molar-refractivity contribution in [3.05, 3.63) is 162 Å². The summed E-state index contributed by atoms with van der Waals surface area (Å²) in [6, 6.07) is 38.6. The molecule has 0 fully saturated rings. The van der Waals surface area contributed by atoms with E-state index in [4.69, 9.17) is 28.4 Å². The summed E-state index contributed by atoms with van der Waals surface area (Å²) in [5.41, 5.74) is 10.7. The smallest absolute Gasteiger partial charge is 0.0778 e. The third-order valence-electron chi connectivity index (χ3n) is 13.1. The summed E-state index contributed by atoms with van der Waals surface area (Å²) in [6.45, 7) is 12.5. The zero-order valence-electron chi connectivity index (χ0n) is 44.0. The molecule has 0 aliphatic heterocycles. The van der Waals surface area contributed by atoms with Crippen molar-refractivity contribution >= 4 is 58.4 Å². The summed E-state index contributed by atoms with van der Waals surface area (Å²) in [4.78, 5) is 8.56. The average molecular weight is 1050 g/mol. The molecule has 1 aliphatic rings. The van der Waals surface area contributed by atoms with Crippen LogP contribution in [-0.4, -0.2) is 130 Å². The second-order valence-corrected chi connectivity index (χ2v) is 20.1. The second-order valence-electron chi connectivity index (χ2n) is 17.9. The molecule has 10 nitrogen and oxygen atoms in total. The van der Waals surface area contributed by atoms with Crippen LogP contribution in [-0.2, 0) is 33.8 Å². The highest BCUT2D eigenvalue weighted by molar-refractivity contribution is 7.13. The summed E-state index contributed by atoms with van der Waals surface area (Å²) in [5.74, 6) is 14.0. The molecule has 0 saturated heterocycles. The molecule has 12 heteroatoms.